The Kier molecular flexibility index (Phi) is 9.93. The van der Waals surface area contributed by atoms with E-state index in [1.807, 2.05) is 19.9 Å². The molecule has 0 saturated carbocycles. The number of rotatable bonds is 7. The SMILES string of the molecule is CCNC(=NCc1sc(C)nc1C)NCCc1cc(C)ccc1OC.I. The first-order valence-corrected chi connectivity index (χ1v) is 9.43. The van der Waals surface area contributed by atoms with Crippen LogP contribution in [0.25, 0.3) is 0 Å². The van der Waals surface area contributed by atoms with Crippen molar-refractivity contribution >= 4 is 41.3 Å². The fraction of sp³-hybridized carbons (Fsp3) is 0.474. The van der Waals surface area contributed by atoms with E-state index in [4.69, 9.17) is 4.74 Å². The molecule has 0 fully saturated rings. The van der Waals surface area contributed by atoms with E-state index < -0.39 is 0 Å². The average molecular weight is 488 g/mol. The smallest absolute Gasteiger partial charge is 0.191 e. The van der Waals surface area contributed by atoms with Crippen LogP contribution in [0.5, 0.6) is 5.75 Å². The maximum Gasteiger partial charge on any atom is 0.191 e. The van der Waals surface area contributed by atoms with Gasteiger partial charge in [0.15, 0.2) is 5.96 Å². The summed E-state index contributed by atoms with van der Waals surface area (Å²) < 4.78 is 5.45. The van der Waals surface area contributed by atoms with Crippen molar-refractivity contribution < 1.29 is 4.74 Å². The molecule has 0 saturated heterocycles. The molecular formula is C19H29IN4OS. The van der Waals surface area contributed by atoms with Gasteiger partial charge in [0, 0.05) is 18.0 Å². The van der Waals surface area contributed by atoms with Crippen molar-refractivity contribution in [3.8, 4) is 5.75 Å². The van der Waals surface area contributed by atoms with E-state index in [2.05, 4.69) is 46.6 Å². The number of guanidine groups is 1. The van der Waals surface area contributed by atoms with Crippen molar-refractivity contribution in [3.05, 3.63) is 44.9 Å². The van der Waals surface area contributed by atoms with Crippen LogP contribution in [0.4, 0.5) is 0 Å². The van der Waals surface area contributed by atoms with Gasteiger partial charge in [-0.2, -0.15) is 0 Å². The molecule has 2 N–H and O–H groups in total. The predicted molar refractivity (Wildman–Crippen MR) is 121 cm³/mol. The molecular weight excluding hydrogens is 459 g/mol. The van der Waals surface area contributed by atoms with E-state index in [0.717, 1.165) is 41.9 Å². The molecule has 5 nitrogen and oxygen atoms in total. The zero-order valence-corrected chi connectivity index (χ0v) is 19.3. The molecule has 0 aliphatic carbocycles. The summed E-state index contributed by atoms with van der Waals surface area (Å²) in [5.74, 6) is 1.77. The van der Waals surface area contributed by atoms with Crippen LogP contribution < -0.4 is 15.4 Å². The molecule has 0 aliphatic rings. The number of benzene rings is 1. The third kappa shape index (κ3) is 6.75. The lowest BCUT2D eigenvalue weighted by molar-refractivity contribution is 0.409. The monoisotopic (exact) mass is 488 g/mol. The Bertz CT molecular complexity index is 730. The lowest BCUT2D eigenvalue weighted by atomic mass is 10.1. The van der Waals surface area contributed by atoms with E-state index in [9.17, 15) is 0 Å². The maximum absolute atomic E-state index is 5.45. The maximum atomic E-state index is 5.45. The number of ether oxygens (including phenoxy) is 1. The molecule has 1 aromatic carbocycles. The van der Waals surface area contributed by atoms with Gasteiger partial charge in [-0.25, -0.2) is 9.98 Å². The van der Waals surface area contributed by atoms with E-state index in [-0.39, 0.29) is 24.0 Å². The normalized spacial score (nSPS) is 11.0. The van der Waals surface area contributed by atoms with Gasteiger partial charge >= 0.3 is 0 Å². The fourth-order valence-corrected chi connectivity index (χ4v) is 3.49. The second kappa shape index (κ2) is 11.4. The molecule has 7 heteroatoms. The minimum absolute atomic E-state index is 0. The van der Waals surface area contributed by atoms with Crippen molar-refractivity contribution in [2.24, 2.45) is 4.99 Å². The highest BCUT2D eigenvalue weighted by molar-refractivity contribution is 14.0. The number of aryl methyl sites for hydroxylation is 3. The number of aliphatic imine (C=N–C) groups is 1. The molecule has 0 atom stereocenters. The number of nitrogens with zero attached hydrogens (tertiary/aromatic N) is 2. The van der Waals surface area contributed by atoms with Crippen LogP contribution in [0, 0.1) is 20.8 Å². The Labute approximate surface area is 177 Å². The summed E-state index contributed by atoms with van der Waals surface area (Å²) in [5, 5.41) is 7.79. The first-order chi connectivity index (χ1) is 12.0. The Hall–Kier alpha value is -1.35. The fourth-order valence-electron chi connectivity index (χ4n) is 2.63. The van der Waals surface area contributed by atoms with Crippen molar-refractivity contribution in [2.75, 3.05) is 20.2 Å². The molecule has 0 aliphatic heterocycles. The summed E-state index contributed by atoms with van der Waals surface area (Å²) in [6.45, 7) is 10.5. The van der Waals surface area contributed by atoms with Gasteiger partial charge in [0.2, 0.25) is 0 Å². The van der Waals surface area contributed by atoms with Gasteiger partial charge < -0.3 is 15.4 Å². The van der Waals surface area contributed by atoms with Gasteiger partial charge in [-0.3, -0.25) is 0 Å². The summed E-state index contributed by atoms with van der Waals surface area (Å²) in [4.78, 5) is 10.4. The van der Waals surface area contributed by atoms with Crippen LogP contribution in [0.2, 0.25) is 0 Å². The Morgan fingerprint density at radius 2 is 2.00 bits per heavy atom. The highest BCUT2D eigenvalue weighted by Gasteiger charge is 2.06. The predicted octanol–water partition coefficient (Wildman–Crippen LogP) is 3.99. The van der Waals surface area contributed by atoms with Gasteiger partial charge in [0.05, 0.1) is 24.4 Å². The Morgan fingerprint density at radius 1 is 1.23 bits per heavy atom. The van der Waals surface area contributed by atoms with Crippen molar-refractivity contribution in [1.82, 2.24) is 15.6 Å². The first kappa shape index (κ1) is 22.7. The molecule has 0 unspecified atom stereocenters. The van der Waals surface area contributed by atoms with Crippen molar-refractivity contribution in [2.45, 2.75) is 40.7 Å². The van der Waals surface area contributed by atoms with E-state index in [0.29, 0.717) is 6.54 Å². The van der Waals surface area contributed by atoms with Crippen LogP contribution in [-0.2, 0) is 13.0 Å². The molecule has 0 spiro atoms. The summed E-state index contributed by atoms with van der Waals surface area (Å²) >= 11 is 1.71. The molecule has 0 bridgehead atoms. The molecule has 0 amide bonds. The van der Waals surface area contributed by atoms with Gasteiger partial charge in [-0.1, -0.05) is 17.7 Å². The molecule has 1 aromatic heterocycles. The van der Waals surface area contributed by atoms with Crippen LogP contribution in [-0.4, -0.2) is 31.1 Å². The summed E-state index contributed by atoms with van der Waals surface area (Å²) in [5.41, 5.74) is 3.53. The minimum Gasteiger partial charge on any atom is -0.496 e. The molecule has 144 valence electrons. The quantitative estimate of drug-likeness (QED) is 0.352. The molecule has 26 heavy (non-hydrogen) atoms. The Morgan fingerprint density at radius 3 is 2.62 bits per heavy atom. The van der Waals surface area contributed by atoms with Crippen LogP contribution >= 0.6 is 35.3 Å². The lowest BCUT2D eigenvalue weighted by Crippen LogP contribution is -2.38. The van der Waals surface area contributed by atoms with Crippen LogP contribution in [0.3, 0.4) is 0 Å². The number of hydrogen-bond donors (Lipinski definition) is 2. The third-order valence-electron chi connectivity index (χ3n) is 3.85. The summed E-state index contributed by atoms with van der Waals surface area (Å²) in [7, 11) is 1.71. The van der Waals surface area contributed by atoms with Gasteiger partial charge in [0.1, 0.15) is 5.75 Å². The van der Waals surface area contributed by atoms with Crippen molar-refractivity contribution in [1.29, 1.82) is 0 Å². The topological polar surface area (TPSA) is 58.5 Å². The first-order valence-electron chi connectivity index (χ1n) is 8.62. The zero-order chi connectivity index (χ0) is 18.2. The molecule has 0 radical (unpaired) electrons. The second-order valence-corrected chi connectivity index (χ2v) is 7.22. The standard InChI is InChI=1S/C19H28N4OS.HI/c1-6-20-19(22-12-18-14(3)23-15(4)25-18)21-10-9-16-11-13(2)7-8-17(16)24-5;/h7-8,11H,6,9-10,12H2,1-5H3,(H2,20,21,22);1H. The second-order valence-electron chi connectivity index (χ2n) is 5.93. The summed E-state index contributed by atoms with van der Waals surface area (Å²) in [6.07, 6.45) is 0.883. The third-order valence-corrected chi connectivity index (χ3v) is 4.90. The van der Waals surface area contributed by atoms with E-state index >= 15 is 0 Å². The van der Waals surface area contributed by atoms with E-state index in [1.165, 1.54) is 16.0 Å². The van der Waals surface area contributed by atoms with Crippen LogP contribution in [0.15, 0.2) is 23.2 Å². The Balaban J connectivity index is 0.00000338. The van der Waals surface area contributed by atoms with E-state index in [1.54, 1.807) is 18.4 Å². The highest BCUT2D eigenvalue weighted by Crippen LogP contribution is 2.20. The number of nitrogens with one attached hydrogen (secondary N) is 2. The van der Waals surface area contributed by atoms with Gasteiger partial charge in [0.25, 0.3) is 0 Å². The number of thiazole rings is 1. The number of methoxy groups -OCH3 is 1. The average Bonchev–Trinajstić information content (AvgIpc) is 2.90. The number of aromatic nitrogens is 1. The summed E-state index contributed by atoms with van der Waals surface area (Å²) in [6, 6.07) is 6.27. The van der Waals surface area contributed by atoms with Crippen LogP contribution in [0.1, 0.15) is 33.6 Å². The number of hydrogen-bond acceptors (Lipinski definition) is 4. The molecule has 2 aromatic rings. The molecule has 2 rings (SSSR count). The lowest BCUT2D eigenvalue weighted by Gasteiger charge is -2.13. The van der Waals surface area contributed by atoms with Gasteiger partial charge in [-0.15, -0.1) is 35.3 Å². The van der Waals surface area contributed by atoms with Gasteiger partial charge in [-0.05, 0) is 45.7 Å². The minimum atomic E-state index is 0. The van der Waals surface area contributed by atoms with Crippen molar-refractivity contribution in [3.63, 3.8) is 0 Å². The largest absolute Gasteiger partial charge is 0.496 e. The number of halogens is 1. The zero-order valence-electron chi connectivity index (χ0n) is 16.2. The molecule has 1 heterocycles. The highest BCUT2D eigenvalue weighted by atomic mass is 127.